The summed E-state index contributed by atoms with van der Waals surface area (Å²) in [6, 6.07) is 7.11. The van der Waals surface area contributed by atoms with E-state index in [1.54, 1.807) is 22.8 Å². The fourth-order valence-corrected chi connectivity index (χ4v) is 5.36. The van der Waals surface area contributed by atoms with Gasteiger partial charge in [0.05, 0.1) is 28.2 Å². The molecular formula is C18H22N2O5S2. The number of carbonyl (C=O) groups is 1. The van der Waals surface area contributed by atoms with Crippen molar-refractivity contribution in [2.24, 2.45) is 5.92 Å². The average molecular weight is 411 g/mol. The van der Waals surface area contributed by atoms with Gasteiger partial charge in [-0.15, -0.1) is 0 Å². The lowest BCUT2D eigenvalue weighted by atomic mass is 10.2. The van der Waals surface area contributed by atoms with E-state index in [9.17, 15) is 18.0 Å². The summed E-state index contributed by atoms with van der Waals surface area (Å²) >= 11 is 1.14. The zero-order chi connectivity index (χ0) is 19.6. The van der Waals surface area contributed by atoms with Crippen molar-refractivity contribution >= 4 is 38.5 Å². The van der Waals surface area contributed by atoms with Crippen LogP contribution in [0.4, 0.5) is 0 Å². The number of benzene rings is 1. The molecule has 0 saturated carbocycles. The molecule has 1 aliphatic heterocycles. The van der Waals surface area contributed by atoms with Gasteiger partial charge in [0.25, 0.3) is 5.56 Å². The summed E-state index contributed by atoms with van der Waals surface area (Å²) in [4.78, 5) is 29.5. The molecule has 0 aliphatic carbocycles. The Morgan fingerprint density at radius 2 is 2.11 bits per heavy atom. The van der Waals surface area contributed by atoms with Crippen molar-refractivity contribution in [2.45, 2.75) is 38.1 Å². The zero-order valence-corrected chi connectivity index (χ0v) is 16.9. The molecule has 1 fully saturated rings. The monoisotopic (exact) mass is 410 g/mol. The van der Waals surface area contributed by atoms with Gasteiger partial charge in [-0.25, -0.2) is 13.4 Å². The van der Waals surface area contributed by atoms with Gasteiger partial charge in [0.2, 0.25) is 0 Å². The second-order valence-corrected chi connectivity index (χ2v) is 10.2. The molecular weight excluding hydrogens is 388 g/mol. The Hall–Kier alpha value is -1.87. The van der Waals surface area contributed by atoms with E-state index in [0.29, 0.717) is 29.0 Å². The van der Waals surface area contributed by atoms with Crippen molar-refractivity contribution in [2.75, 3.05) is 17.3 Å². The maximum Gasteiger partial charge on any atom is 0.316 e. The first-order valence-electron chi connectivity index (χ1n) is 8.77. The van der Waals surface area contributed by atoms with E-state index in [0.717, 1.165) is 11.8 Å². The van der Waals surface area contributed by atoms with Gasteiger partial charge in [-0.3, -0.25) is 14.2 Å². The van der Waals surface area contributed by atoms with E-state index >= 15 is 0 Å². The average Bonchev–Trinajstić information content (AvgIpc) is 2.94. The highest BCUT2D eigenvalue weighted by Gasteiger charge is 2.30. The summed E-state index contributed by atoms with van der Waals surface area (Å²) < 4.78 is 29.8. The molecule has 0 unspecified atom stereocenters. The fraction of sp³-hybridized carbons (Fsp3) is 0.500. The smallest absolute Gasteiger partial charge is 0.316 e. The van der Waals surface area contributed by atoms with Crippen molar-refractivity contribution in [3.63, 3.8) is 0 Å². The van der Waals surface area contributed by atoms with Gasteiger partial charge in [0, 0.05) is 6.54 Å². The molecule has 3 rings (SSSR count). The summed E-state index contributed by atoms with van der Waals surface area (Å²) in [6.45, 7) is 4.50. The van der Waals surface area contributed by atoms with Gasteiger partial charge < -0.3 is 4.74 Å². The van der Waals surface area contributed by atoms with Crippen LogP contribution in [0.25, 0.3) is 10.9 Å². The van der Waals surface area contributed by atoms with E-state index in [1.165, 1.54) is 0 Å². The van der Waals surface area contributed by atoms with Crippen molar-refractivity contribution < 1.29 is 17.9 Å². The van der Waals surface area contributed by atoms with Crippen LogP contribution in [0.3, 0.4) is 0 Å². The number of para-hydroxylation sites is 1. The van der Waals surface area contributed by atoms with E-state index < -0.39 is 21.9 Å². The van der Waals surface area contributed by atoms with Crippen LogP contribution in [0, 0.1) is 5.92 Å². The summed E-state index contributed by atoms with van der Waals surface area (Å²) in [5.41, 5.74) is 0.451. The Balaban J connectivity index is 1.77. The Morgan fingerprint density at radius 1 is 1.37 bits per heavy atom. The van der Waals surface area contributed by atoms with Crippen LogP contribution in [-0.4, -0.2) is 47.3 Å². The number of fused-ring (bicyclic) bond motifs is 1. The first-order chi connectivity index (χ1) is 12.7. The molecule has 1 aromatic heterocycles. The Bertz CT molecular complexity index is 1010. The molecule has 0 bridgehead atoms. The lowest BCUT2D eigenvalue weighted by Crippen LogP contribution is -2.26. The molecule has 2 aromatic rings. The van der Waals surface area contributed by atoms with Crippen molar-refractivity contribution in [3.8, 4) is 0 Å². The molecule has 1 aromatic carbocycles. The molecule has 146 valence electrons. The lowest BCUT2D eigenvalue weighted by Gasteiger charge is -2.15. The molecule has 9 heteroatoms. The molecule has 27 heavy (non-hydrogen) atoms. The largest absolute Gasteiger partial charge is 0.461 e. The normalized spacial score (nSPS) is 18.9. The van der Waals surface area contributed by atoms with Gasteiger partial charge in [-0.2, -0.15) is 0 Å². The van der Waals surface area contributed by atoms with E-state index in [4.69, 9.17) is 4.74 Å². The number of rotatable bonds is 6. The highest BCUT2D eigenvalue weighted by Crippen LogP contribution is 2.21. The number of carbonyl (C=O) groups excluding carboxylic acids is 1. The number of thioether (sulfide) groups is 1. The molecule has 0 spiro atoms. The summed E-state index contributed by atoms with van der Waals surface area (Å²) in [5.74, 6) is -0.353. The molecule has 1 saturated heterocycles. The van der Waals surface area contributed by atoms with E-state index in [-0.39, 0.29) is 28.7 Å². The van der Waals surface area contributed by atoms with Crippen LogP contribution in [0.2, 0.25) is 0 Å². The first-order valence-corrected chi connectivity index (χ1v) is 11.6. The van der Waals surface area contributed by atoms with Crippen molar-refractivity contribution in [3.05, 3.63) is 34.6 Å². The molecule has 1 aliphatic rings. The SMILES string of the molecule is CC(C)Cn1c(SCC(=O)O[C@@H]2CCS(=O)(=O)C2)nc2ccccc2c1=O. The molecule has 0 radical (unpaired) electrons. The highest BCUT2D eigenvalue weighted by molar-refractivity contribution is 7.99. The second-order valence-electron chi connectivity index (χ2n) is 7.02. The van der Waals surface area contributed by atoms with Gasteiger partial charge in [-0.1, -0.05) is 37.7 Å². The topological polar surface area (TPSA) is 95.3 Å². The number of hydrogen-bond donors (Lipinski definition) is 0. The maximum atomic E-state index is 12.8. The van der Waals surface area contributed by atoms with Gasteiger partial charge in [0.1, 0.15) is 6.10 Å². The number of esters is 1. The number of ether oxygens (including phenoxy) is 1. The van der Waals surface area contributed by atoms with Gasteiger partial charge in [0.15, 0.2) is 15.0 Å². The number of sulfone groups is 1. The van der Waals surface area contributed by atoms with Crippen LogP contribution in [0.5, 0.6) is 0 Å². The summed E-state index contributed by atoms with van der Waals surface area (Å²) in [5, 5.41) is 1.00. The predicted octanol–water partition coefficient (Wildman–Crippen LogP) is 1.87. The van der Waals surface area contributed by atoms with Crippen LogP contribution in [0.15, 0.2) is 34.2 Å². The maximum absolute atomic E-state index is 12.8. The zero-order valence-electron chi connectivity index (χ0n) is 15.3. The Labute approximate surface area is 162 Å². The van der Waals surface area contributed by atoms with Crippen molar-refractivity contribution in [1.29, 1.82) is 0 Å². The van der Waals surface area contributed by atoms with Gasteiger partial charge in [-0.05, 0) is 24.5 Å². The minimum atomic E-state index is -3.10. The lowest BCUT2D eigenvalue weighted by molar-refractivity contribution is -0.144. The number of aromatic nitrogens is 2. The number of nitrogens with zero attached hydrogens (tertiary/aromatic N) is 2. The van der Waals surface area contributed by atoms with E-state index in [2.05, 4.69) is 4.98 Å². The molecule has 2 heterocycles. The van der Waals surface area contributed by atoms with Crippen LogP contribution < -0.4 is 5.56 Å². The minimum absolute atomic E-state index is 0.0284. The molecule has 0 N–H and O–H groups in total. The standard InChI is InChI=1S/C18H22N2O5S2/c1-12(2)9-20-17(22)14-5-3-4-6-15(14)19-18(20)26-10-16(21)25-13-7-8-27(23,24)11-13/h3-6,12-13H,7-11H2,1-2H3/t13-/m1/s1. The summed E-state index contributed by atoms with van der Waals surface area (Å²) in [6.07, 6.45) is -0.240. The molecule has 0 amide bonds. The Kier molecular flexibility index (Phi) is 5.90. The summed E-state index contributed by atoms with van der Waals surface area (Å²) in [7, 11) is -3.10. The van der Waals surface area contributed by atoms with Crippen LogP contribution in [-0.2, 0) is 25.9 Å². The third-order valence-corrected chi connectivity index (χ3v) is 6.87. The van der Waals surface area contributed by atoms with Gasteiger partial charge >= 0.3 is 5.97 Å². The van der Waals surface area contributed by atoms with Crippen LogP contribution in [0.1, 0.15) is 20.3 Å². The minimum Gasteiger partial charge on any atom is -0.461 e. The third kappa shape index (κ3) is 4.90. The van der Waals surface area contributed by atoms with Crippen molar-refractivity contribution in [1.82, 2.24) is 9.55 Å². The highest BCUT2D eigenvalue weighted by atomic mass is 32.2. The molecule has 7 nitrogen and oxygen atoms in total. The number of hydrogen-bond acceptors (Lipinski definition) is 7. The van der Waals surface area contributed by atoms with E-state index in [1.807, 2.05) is 19.9 Å². The quantitative estimate of drug-likeness (QED) is 0.407. The fourth-order valence-electron chi connectivity index (χ4n) is 2.98. The third-order valence-electron chi connectivity index (χ3n) is 4.18. The molecule has 1 atom stereocenters. The predicted molar refractivity (Wildman–Crippen MR) is 105 cm³/mol. The first kappa shape index (κ1) is 19.9. The second kappa shape index (κ2) is 8.02. The van der Waals surface area contributed by atoms with Crippen LogP contribution >= 0.6 is 11.8 Å². The Morgan fingerprint density at radius 3 is 2.78 bits per heavy atom.